The van der Waals surface area contributed by atoms with Crippen LogP contribution in [0.1, 0.15) is 56.3 Å². The molecule has 152 valence electrons. The maximum atomic E-state index is 12.5. The van der Waals surface area contributed by atoms with Crippen molar-refractivity contribution in [3.05, 3.63) is 39.9 Å². The molecule has 0 heterocycles. The number of nitrogens with one attached hydrogen (secondary N) is 2. The first-order valence-electron chi connectivity index (χ1n) is 9.29. The predicted octanol–water partition coefficient (Wildman–Crippen LogP) is 2.25. The normalized spacial score (nSPS) is 22.7. The topological polar surface area (TPSA) is 139 Å². The second-order valence-corrected chi connectivity index (χ2v) is 7.23. The highest BCUT2D eigenvalue weighted by Crippen LogP contribution is 2.34. The zero-order chi connectivity index (χ0) is 20.9. The number of nitrogens with zero attached hydrogens (tertiary/aromatic N) is 1. The molecule has 9 nitrogen and oxygen atoms in total. The van der Waals surface area contributed by atoms with E-state index in [9.17, 15) is 29.6 Å². The van der Waals surface area contributed by atoms with Crippen molar-refractivity contribution in [1.82, 2.24) is 10.6 Å². The number of carbonyl (C=O) groups is 3. The molecule has 0 saturated heterocycles. The smallest absolute Gasteiger partial charge is 0.329 e. The van der Waals surface area contributed by atoms with E-state index in [4.69, 9.17) is 0 Å². The van der Waals surface area contributed by atoms with Gasteiger partial charge in [0.15, 0.2) is 0 Å². The molecule has 0 bridgehead atoms. The number of nitro benzene ring substituents is 1. The Morgan fingerprint density at radius 3 is 2.50 bits per heavy atom. The van der Waals surface area contributed by atoms with E-state index in [0.29, 0.717) is 18.8 Å². The summed E-state index contributed by atoms with van der Waals surface area (Å²) in [6, 6.07) is 4.16. The number of non-ortho nitro benzene ring substituents is 1. The third kappa shape index (κ3) is 4.85. The molecule has 1 saturated carbocycles. The molecule has 1 aromatic rings. The molecule has 9 heteroatoms. The first-order chi connectivity index (χ1) is 13.2. The van der Waals surface area contributed by atoms with E-state index >= 15 is 0 Å². The monoisotopic (exact) mass is 391 g/mol. The number of benzene rings is 1. The van der Waals surface area contributed by atoms with Crippen LogP contribution in [-0.4, -0.2) is 39.4 Å². The van der Waals surface area contributed by atoms with Crippen LogP contribution in [0.2, 0.25) is 0 Å². The van der Waals surface area contributed by atoms with Crippen LogP contribution in [0.3, 0.4) is 0 Å². The number of hydrogen-bond donors (Lipinski definition) is 3. The van der Waals surface area contributed by atoms with E-state index in [1.54, 1.807) is 0 Å². The van der Waals surface area contributed by atoms with Gasteiger partial charge in [-0.15, -0.1) is 0 Å². The summed E-state index contributed by atoms with van der Waals surface area (Å²) in [6.07, 6.45) is 3.10. The second-order valence-electron chi connectivity index (χ2n) is 7.23. The fourth-order valence-electron chi connectivity index (χ4n) is 3.42. The molecule has 28 heavy (non-hydrogen) atoms. The Bertz CT molecular complexity index is 771. The third-order valence-electron chi connectivity index (χ3n) is 5.37. The number of carboxylic acids is 1. The summed E-state index contributed by atoms with van der Waals surface area (Å²) >= 11 is 0. The number of carbonyl (C=O) groups excluding carboxylic acids is 2. The van der Waals surface area contributed by atoms with Gasteiger partial charge < -0.3 is 15.7 Å². The van der Waals surface area contributed by atoms with Gasteiger partial charge in [0.25, 0.3) is 11.6 Å². The number of amides is 2. The molecular formula is C19H25N3O6. The van der Waals surface area contributed by atoms with Gasteiger partial charge in [0.1, 0.15) is 11.6 Å². The van der Waals surface area contributed by atoms with Gasteiger partial charge in [0, 0.05) is 17.7 Å². The van der Waals surface area contributed by atoms with Crippen molar-refractivity contribution in [1.29, 1.82) is 0 Å². The Kier molecular flexibility index (Phi) is 6.71. The fourth-order valence-corrected chi connectivity index (χ4v) is 3.42. The van der Waals surface area contributed by atoms with Crippen LogP contribution in [-0.2, 0) is 9.59 Å². The minimum atomic E-state index is -1.33. The van der Waals surface area contributed by atoms with Crippen LogP contribution >= 0.6 is 0 Å². The van der Waals surface area contributed by atoms with E-state index in [2.05, 4.69) is 17.6 Å². The highest BCUT2D eigenvalue weighted by molar-refractivity contribution is 5.98. The van der Waals surface area contributed by atoms with E-state index < -0.39 is 34.3 Å². The molecule has 0 aromatic heterocycles. The van der Waals surface area contributed by atoms with Gasteiger partial charge in [-0.3, -0.25) is 19.7 Å². The number of carboxylic acid groups (broad SMARTS) is 1. The highest BCUT2D eigenvalue weighted by atomic mass is 16.6. The SMILES string of the molecule is CCC1CCC(NC(=O)C(C)NC(=O)c2cccc([N+](=O)[O-])c2)(C(=O)O)CC1. The van der Waals surface area contributed by atoms with Crippen LogP contribution in [0, 0.1) is 16.0 Å². The van der Waals surface area contributed by atoms with Gasteiger partial charge in [-0.05, 0) is 44.6 Å². The zero-order valence-electron chi connectivity index (χ0n) is 15.9. The summed E-state index contributed by atoms with van der Waals surface area (Å²) in [5.41, 5.74) is -1.51. The van der Waals surface area contributed by atoms with Crippen molar-refractivity contribution in [3.63, 3.8) is 0 Å². The van der Waals surface area contributed by atoms with Crippen molar-refractivity contribution in [2.75, 3.05) is 0 Å². The average Bonchev–Trinajstić information content (AvgIpc) is 2.68. The number of hydrogen-bond acceptors (Lipinski definition) is 5. The lowest BCUT2D eigenvalue weighted by Gasteiger charge is -2.37. The van der Waals surface area contributed by atoms with Crippen LogP contribution in [0.25, 0.3) is 0 Å². The zero-order valence-corrected chi connectivity index (χ0v) is 15.9. The standard InChI is InChI=1S/C19H25N3O6/c1-3-13-7-9-19(10-8-13,18(25)26)21-16(23)12(2)20-17(24)14-5-4-6-15(11-14)22(27)28/h4-6,11-13H,3,7-10H2,1-2H3,(H,20,24)(H,21,23)(H,25,26). The molecule has 1 aromatic carbocycles. The van der Waals surface area contributed by atoms with E-state index in [1.807, 2.05) is 0 Å². The first-order valence-corrected chi connectivity index (χ1v) is 9.29. The molecule has 1 aliphatic carbocycles. The van der Waals surface area contributed by atoms with Crippen molar-refractivity contribution in [3.8, 4) is 0 Å². The molecule has 0 radical (unpaired) electrons. The van der Waals surface area contributed by atoms with Gasteiger partial charge in [0.2, 0.25) is 5.91 Å². The lowest BCUT2D eigenvalue weighted by Crippen LogP contribution is -2.60. The van der Waals surface area contributed by atoms with Crippen LogP contribution in [0.15, 0.2) is 24.3 Å². The maximum absolute atomic E-state index is 12.5. The molecule has 2 rings (SSSR count). The van der Waals surface area contributed by atoms with Crippen LogP contribution < -0.4 is 10.6 Å². The number of rotatable bonds is 7. The fraction of sp³-hybridized carbons (Fsp3) is 0.526. The highest BCUT2D eigenvalue weighted by Gasteiger charge is 2.43. The summed E-state index contributed by atoms with van der Waals surface area (Å²) < 4.78 is 0. The van der Waals surface area contributed by atoms with Gasteiger partial charge in [-0.1, -0.05) is 19.4 Å². The molecule has 1 aliphatic rings. The molecule has 0 aliphatic heterocycles. The molecular weight excluding hydrogens is 366 g/mol. The van der Waals surface area contributed by atoms with Gasteiger partial charge in [-0.2, -0.15) is 0 Å². The summed E-state index contributed by atoms with van der Waals surface area (Å²) in [5.74, 6) is -1.87. The Morgan fingerprint density at radius 2 is 1.96 bits per heavy atom. The van der Waals surface area contributed by atoms with Gasteiger partial charge in [0.05, 0.1) is 4.92 Å². The molecule has 3 N–H and O–H groups in total. The van der Waals surface area contributed by atoms with Crippen molar-refractivity contribution in [2.24, 2.45) is 5.92 Å². The van der Waals surface area contributed by atoms with Gasteiger partial charge >= 0.3 is 5.97 Å². The summed E-state index contributed by atoms with van der Waals surface area (Å²) in [6.45, 7) is 3.50. The van der Waals surface area contributed by atoms with Crippen LogP contribution in [0.4, 0.5) is 5.69 Å². The average molecular weight is 391 g/mol. The first kappa shape index (κ1) is 21.3. The Morgan fingerprint density at radius 1 is 1.32 bits per heavy atom. The van der Waals surface area contributed by atoms with Crippen molar-refractivity contribution >= 4 is 23.5 Å². The minimum absolute atomic E-state index is 0.0465. The summed E-state index contributed by atoms with van der Waals surface area (Å²) in [4.78, 5) is 46.8. The molecule has 1 fully saturated rings. The Labute approximate surface area is 162 Å². The van der Waals surface area contributed by atoms with Gasteiger partial charge in [-0.25, -0.2) is 4.79 Å². The lowest BCUT2D eigenvalue weighted by atomic mass is 9.75. The van der Waals surface area contributed by atoms with Crippen molar-refractivity contribution < 1.29 is 24.4 Å². The Hall–Kier alpha value is -2.97. The van der Waals surface area contributed by atoms with E-state index in [1.165, 1.54) is 25.1 Å². The minimum Gasteiger partial charge on any atom is -0.480 e. The van der Waals surface area contributed by atoms with E-state index in [-0.39, 0.29) is 11.3 Å². The third-order valence-corrected chi connectivity index (χ3v) is 5.37. The largest absolute Gasteiger partial charge is 0.480 e. The van der Waals surface area contributed by atoms with Crippen LogP contribution in [0.5, 0.6) is 0 Å². The van der Waals surface area contributed by atoms with E-state index in [0.717, 1.165) is 25.3 Å². The predicted molar refractivity (Wildman–Crippen MR) is 101 cm³/mol. The Balaban J connectivity index is 2.03. The molecule has 1 atom stereocenters. The summed E-state index contributed by atoms with van der Waals surface area (Å²) in [7, 11) is 0. The maximum Gasteiger partial charge on any atom is 0.329 e. The molecule has 2 amide bonds. The molecule has 0 spiro atoms. The number of nitro groups is 1. The quantitative estimate of drug-likeness (QED) is 0.481. The lowest BCUT2D eigenvalue weighted by molar-refractivity contribution is -0.384. The van der Waals surface area contributed by atoms with Crippen molar-refractivity contribution in [2.45, 2.75) is 57.5 Å². The molecule has 1 unspecified atom stereocenters. The second kappa shape index (κ2) is 8.81. The number of aliphatic carboxylic acids is 1. The summed E-state index contributed by atoms with van der Waals surface area (Å²) in [5, 5.41) is 25.5.